The summed E-state index contributed by atoms with van der Waals surface area (Å²) in [6, 6.07) is 7.04. The number of halogens is 3. The molecule has 0 atom stereocenters. The van der Waals surface area contributed by atoms with Crippen molar-refractivity contribution in [1.82, 2.24) is 5.32 Å². The van der Waals surface area contributed by atoms with Crippen molar-refractivity contribution in [2.75, 3.05) is 6.54 Å². The van der Waals surface area contributed by atoms with Crippen LogP contribution in [0.1, 0.15) is 24.0 Å². The Morgan fingerprint density at radius 2 is 1.90 bits per heavy atom. The maximum absolute atomic E-state index is 11.9. The number of benzene rings is 1. The Morgan fingerprint density at radius 3 is 2.45 bits per heavy atom. The number of nitrogens with one attached hydrogen (secondary N) is 1. The quantitative estimate of drug-likeness (QED) is 0.830. The summed E-state index contributed by atoms with van der Waals surface area (Å²) in [6.07, 6.45) is -5.96. The van der Waals surface area contributed by atoms with Gasteiger partial charge in [-0.15, -0.1) is 0 Å². The summed E-state index contributed by atoms with van der Waals surface area (Å²) < 4.78 is 35.8. The van der Waals surface area contributed by atoms with Crippen molar-refractivity contribution in [2.24, 2.45) is 5.73 Å². The van der Waals surface area contributed by atoms with Gasteiger partial charge in [-0.05, 0) is 17.7 Å². The smallest absolute Gasteiger partial charge is 0.352 e. The minimum absolute atomic E-state index is 0.196. The summed E-state index contributed by atoms with van der Waals surface area (Å²) >= 11 is 0. The van der Waals surface area contributed by atoms with Gasteiger partial charge in [0.1, 0.15) is 0 Å². The Balaban J connectivity index is 2.40. The first-order valence-electron chi connectivity index (χ1n) is 6.02. The highest BCUT2D eigenvalue weighted by Crippen LogP contribution is 2.20. The van der Waals surface area contributed by atoms with Gasteiger partial charge >= 0.3 is 6.18 Å². The third-order valence-electron chi connectivity index (χ3n) is 2.41. The van der Waals surface area contributed by atoms with E-state index < -0.39 is 24.9 Å². The molecule has 108 valence electrons. The summed E-state index contributed by atoms with van der Waals surface area (Å²) in [4.78, 5) is 11.2. The number of nitrogens with two attached hydrogens (primary N) is 1. The van der Waals surface area contributed by atoms with Gasteiger partial charge in [-0.1, -0.05) is 24.0 Å². The summed E-state index contributed by atoms with van der Waals surface area (Å²) in [5.74, 6) is 4.94. The molecule has 0 radical (unpaired) electrons. The molecule has 0 saturated heterocycles. The average Bonchev–Trinajstić information content (AvgIpc) is 2.41. The predicted octanol–water partition coefficient (Wildman–Crippen LogP) is 1.96. The molecular weight excluding hydrogens is 269 g/mol. The van der Waals surface area contributed by atoms with Crippen molar-refractivity contribution >= 4 is 5.91 Å². The number of alkyl halides is 3. The van der Waals surface area contributed by atoms with Crippen LogP contribution in [0.4, 0.5) is 13.2 Å². The van der Waals surface area contributed by atoms with Crippen LogP contribution >= 0.6 is 0 Å². The van der Waals surface area contributed by atoms with E-state index in [2.05, 4.69) is 17.2 Å². The van der Waals surface area contributed by atoms with Crippen LogP contribution in [-0.2, 0) is 11.3 Å². The van der Waals surface area contributed by atoms with Crippen LogP contribution in [0.5, 0.6) is 0 Å². The van der Waals surface area contributed by atoms with Crippen molar-refractivity contribution in [3.8, 4) is 11.8 Å². The highest BCUT2D eigenvalue weighted by molar-refractivity contribution is 5.75. The fourth-order valence-corrected chi connectivity index (χ4v) is 1.40. The SMILES string of the molecule is NCC#Cc1ccc(CNC(=O)CCC(F)(F)F)cc1. The number of hydrogen-bond acceptors (Lipinski definition) is 2. The lowest BCUT2D eigenvalue weighted by molar-refractivity contribution is -0.144. The third kappa shape index (κ3) is 6.81. The van der Waals surface area contributed by atoms with E-state index in [9.17, 15) is 18.0 Å². The molecule has 1 rings (SSSR count). The number of carbonyl (C=O) groups is 1. The van der Waals surface area contributed by atoms with Crippen LogP contribution in [0.2, 0.25) is 0 Å². The normalized spacial score (nSPS) is 10.6. The fourth-order valence-electron chi connectivity index (χ4n) is 1.40. The summed E-state index contributed by atoms with van der Waals surface area (Å²) in [7, 11) is 0. The second-order valence-electron chi connectivity index (χ2n) is 4.09. The molecule has 1 amide bonds. The van der Waals surface area contributed by atoms with Crippen LogP contribution in [0.3, 0.4) is 0 Å². The molecule has 3 nitrogen and oxygen atoms in total. The lowest BCUT2D eigenvalue weighted by Gasteiger charge is -2.07. The van der Waals surface area contributed by atoms with E-state index >= 15 is 0 Å². The minimum Gasteiger partial charge on any atom is -0.352 e. The molecular formula is C14H15F3N2O. The van der Waals surface area contributed by atoms with Gasteiger partial charge in [0.25, 0.3) is 0 Å². The van der Waals surface area contributed by atoms with Crippen LogP contribution in [0.15, 0.2) is 24.3 Å². The first-order chi connectivity index (χ1) is 9.40. The van der Waals surface area contributed by atoms with Crippen LogP contribution in [0.25, 0.3) is 0 Å². The maximum Gasteiger partial charge on any atom is 0.389 e. The van der Waals surface area contributed by atoms with Gasteiger partial charge in [-0.25, -0.2) is 0 Å². The molecule has 6 heteroatoms. The van der Waals surface area contributed by atoms with Crippen molar-refractivity contribution in [2.45, 2.75) is 25.6 Å². The molecule has 3 N–H and O–H groups in total. The van der Waals surface area contributed by atoms with Gasteiger partial charge in [0.05, 0.1) is 13.0 Å². The Labute approximate surface area is 115 Å². The third-order valence-corrected chi connectivity index (χ3v) is 2.41. The highest BCUT2D eigenvalue weighted by Gasteiger charge is 2.27. The Bertz CT molecular complexity index is 498. The summed E-state index contributed by atoms with van der Waals surface area (Å²) in [5, 5.41) is 2.44. The molecule has 0 saturated carbocycles. The largest absolute Gasteiger partial charge is 0.389 e. The first-order valence-corrected chi connectivity index (χ1v) is 6.02. The van der Waals surface area contributed by atoms with E-state index in [0.717, 1.165) is 11.1 Å². The monoisotopic (exact) mass is 284 g/mol. The van der Waals surface area contributed by atoms with Crippen LogP contribution < -0.4 is 11.1 Å². The molecule has 20 heavy (non-hydrogen) atoms. The first kappa shape index (κ1) is 16.1. The Kier molecular flexibility index (Phi) is 6.07. The molecule has 0 aliphatic rings. The summed E-state index contributed by atoms with van der Waals surface area (Å²) in [5.41, 5.74) is 6.83. The zero-order valence-electron chi connectivity index (χ0n) is 10.8. The maximum atomic E-state index is 11.9. The Hall–Kier alpha value is -2.00. The van der Waals surface area contributed by atoms with Gasteiger partial charge in [0.2, 0.25) is 5.91 Å². The van der Waals surface area contributed by atoms with E-state index in [1.807, 2.05) is 0 Å². The number of rotatable bonds is 4. The van der Waals surface area contributed by atoms with E-state index in [-0.39, 0.29) is 13.1 Å². The second-order valence-corrected chi connectivity index (χ2v) is 4.09. The van der Waals surface area contributed by atoms with E-state index in [4.69, 9.17) is 5.73 Å². The van der Waals surface area contributed by atoms with Crippen molar-refractivity contribution in [3.63, 3.8) is 0 Å². The summed E-state index contributed by atoms with van der Waals surface area (Å²) in [6.45, 7) is 0.471. The zero-order valence-corrected chi connectivity index (χ0v) is 10.8. The lowest BCUT2D eigenvalue weighted by atomic mass is 10.1. The van der Waals surface area contributed by atoms with Crippen LogP contribution in [-0.4, -0.2) is 18.6 Å². The Morgan fingerprint density at radius 1 is 1.25 bits per heavy atom. The van der Waals surface area contributed by atoms with Crippen molar-refractivity contribution < 1.29 is 18.0 Å². The fraction of sp³-hybridized carbons (Fsp3) is 0.357. The van der Waals surface area contributed by atoms with Crippen LogP contribution in [0, 0.1) is 11.8 Å². The number of amides is 1. The van der Waals surface area contributed by atoms with E-state index in [1.165, 1.54) is 0 Å². The van der Waals surface area contributed by atoms with Crippen molar-refractivity contribution in [1.29, 1.82) is 0 Å². The molecule has 0 spiro atoms. The predicted molar refractivity (Wildman–Crippen MR) is 69.5 cm³/mol. The second kappa shape index (κ2) is 7.56. The molecule has 0 aliphatic carbocycles. The molecule has 1 aromatic rings. The zero-order chi connectivity index (χ0) is 15.0. The number of hydrogen-bond donors (Lipinski definition) is 2. The topological polar surface area (TPSA) is 55.1 Å². The average molecular weight is 284 g/mol. The highest BCUT2D eigenvalue weighted by atomic mass is 19.4. The van der Waals surface area contributed by atoms with Gasteiger partial charge in [0, 0.05) is 18.5 Å². The standard InChI is InChI=1S/C14H15F3N2O/c15-14(16,17)8-7-13(20)19-10-12-5-3-11(4-6-12)2-1-9-18/h3-6H,7-10,18H2,(H,19,20). The molecule has 0 unspecified atom stereocenters. The molecule has 0 bridgehead atoms. The van der Waals surface area contributed by atoms with Gasteiger partial charge < -0.3 is 11.1 Å². The molecule has 1 aromatic carbocycles. The molecule has 0 aliphatic heterocycles. The van der Waals surface area contributed by atoms with E-state index in [0.29, 0.717) is 0 Å². The van der Waals surface area contributed by atoms with Crippen molar-refractivity contribution in [3.05, 3.63) is 35.4 Å². The molecule has 0 heterocycles. The lowest BCUT2D eigenvalue weighted by Crippen LogP contribution is -2.24. The molecule has 0 aromatic heterocycles. The number of carbonyl (C=O) groups excluding carboxylic acids is 1. The minimum atomic E-state index is -4.30. The van der Waals surface area contributed by atoms with Gasteiger partial charge in [-0.3, -0.25) is 4.79 Å². The van der Waals surface area contributed by atoms with E-state index in [1.54, 1.807) is 24.3 Å². The molecule has 0 fully saturated rings. The van der Waals surface area contributed by atoms with Gasteiger partial charge in [-0.2, -0.15) is 13.2 Å². The van der Waals surface area contributed by atoms with Gasteiger partial charge in [0.15, 0.2) is 0 Å².